The topological polar surface area (TPSA) is 74.8 Å². The van der Waals surface area contributed by atoms with E-state index < -0.39 is 0 Å². The number of nitrogens with zero attached hydrogens (tertiary/aromatic N) is 4. The van der Waals surface area contributed by atoms with Crippen molar-refractivity contribution >= 4 is 16.8 Å². The highest BCUT2D eigenvalue weighted by Crippen LogP contribution is 2.26. The van der Waals surface area contributed by atoms with E-state index in [0.717, 1.165) is 5.56 Å². The second kappa shape index (κ2) is 4.24. The first-order valence-electron chi connectivity index (χ1n) is 5.38. The van der Waals surface area contributed by atoms with Crippen LogP contribution in [-0.4, -0.2) is 4.98 Å². The molecular weight excluding hydrogens is 228 g/mol. The highest BCUT2D eigenvalue weighted by atomic mass is 16.3. The highest BCUT2D eigenvalue weighted by Gasteiger charge is 2.07. The molecule has 0 fully saturated rings. The Bertz CT molecular complexity index is 742. The zero-order chi connectivity index (χ0) is 12.4. The van der Waals surface area contributed by atoms with Crippen molar-refractivity contribution < 1.29 is 4.42 Å². The largest absolute Gasteiger partial charge is 0.436 e. The van der Waals surface area contributed by atoms with Crippen LogP contribution in [0.2, 0.25) is 0 Å². The van der Waals surface area contributed by atoms with Crippen LogP contribution in [0.5, 0.6) is 0 Å². The molecule has 5 nitrogen and oxygen atoms in total. The van der Waals surface area contributed by atoms with Gasteiger partial charge in [-0.1, -0.05) is 23.3 Å². The molecule has 1 aromatic heterocycles. The van der Waals surface area contributed by atoms with E-state index in [1.807, 2.05) is 30.3 Å². The number of benzene rings is 2. The molecule has 0 atom stereocenters. The molecule has 3 rings (SSSR count). The van der Waals surface area contributed by atoms with E-state index in [1.54, 1.807) is 18.2 Å². The smallest absolute Gasteiger partial charge is 0.227 e. The fraction of sp³-hybridized carbons (Fsp3) is 0. The van der Waals surface area contributed by atoms with Gasteiger partial charge in [0.1, 0.15) is 5.52 Å². The molecule has 0 saturated carbocycles. The number of oxazole rings is 1. The van der Waals surface area contributed by atoms with Gasteiger partial charge in [0.15, 0.2) is 5.58 Å². The third kappa shape index (κ3) is 1.79. The van der Waals surface area contributed by atoms with Gasteiger partial charge in [-0.25, -0.2) is 4.98 Å². The fourth-order valence-electron chi connectivity index (χ4n) is 1.73. The van der Waals surface area contributed by atoms with E-state index in [-0.39, 0.29) is 0 Å². The standard InChI is InChI=1S/C13H8N4O/c14-17-16-10-6-7-12-11(8-10)15-13(18-12)9-4-2-1-3-5-9/h1-8H. The summed E-state index contributed by atoms with van der Waals surface area (Å²) in [4.78, 5) is 7.12. The number of hydrogen-bond acceptors (Lipinski definition) is 3. The van der Waals surface area contributed by atoms with Crippen LogP contribution < -0.4 is 0 Å². The van der Waals surface area contributed by atoms with E-state index in [0.29, 0.717) is 22.7 Å². The van der Waals surface area contributed by atoms with Crippen LogP contribution in [0.3, 0.4) is 0 Å². The molecule has 18 heavy (non-hydrogen) atoms. The summed E-state index contributed by atoms with van der Waals surface area (Å²) < 4.78 is 5.64. The summed E-state index contributed by atoms with van der Waals surface area (Å²) in [5.74, 6) is 0.559. The first-order valence-corrected chi connectivity index (χ1v) is 5.38. The van der Waals surface area contributed by atoms with Gasteiger partial charge in [-0.05, 0) is 35.9 Å². The maximum absolute atomic E-state index is 8.39. The highest BCUT2D eigenvalue weighted by molar-refractivity contribution is 5.79. The van der Waals surface area contributed by atoms with E-state index in [9.17, 15) is 0 Å². The number of rotatable bonds is 2. The van der Waals surface area contributed by atoms with Gasteiger partial charge in [-0.2, -0.15) is 0 Å². The number of fused-ring (bicyclic) bond motifs is 1. The van der Waals surface area contributed by atoms with Crippen LogP contribution >= 0.6 is 0 Å². The van der Waals surface area contributed by atoms with Crippen molar-refractivity contribution in [2.24, 2.45) is 5.11 Å². The van der Waals surface area contributed by atoms with Gasteiger partial charge in [0, 0.05) is 16.2 Å². The molecule has 3 aromatic rings. The predicted molar refractivity (Wildman–Crippen MR) is 68.3 cm³/mol. The molecule has 86 valence electrons. The predicted octanol–water partition coefficient (Wildman–Crippen LogP) is 4.44. The van der Waals surface area contributed by atoms with Gasteiger partial charge in [-0.15, -0.1) is 0 Å². The summed E-state index contributed by atoms with van der Waals surface area (Å²) in [5.41, 5.74) is 11.2. The van der Waals surface area contributed by atoms with Crippen molar-refractivity contribution in [3.63, 3.8) is 0 Å². The molecule has 0 aliphatic carbocycles. The molecule has 1 heterocycles. The van der Waals surface area contributed by atoms with E-state index in [4.69, 9.17) is 9.95 Å². The molecule has 0 N–H and O–H groups in total. The maximum atomic E-state index is 8.39. The van der Waals surface area contributed by atoms with Crippen LogP contribution in [-0.2, 0) is 0 Å². The second-order valence-electron chi connectivity index (χ2n) is 3.73. The monoisotopic (exact) mass is 236 g/mol. The van der Waals surface area contributed by atoms with E-state index >= 15 is 0 Å². The molecule has 0 saturated heterocycles. The Kier molecular flexibility index (Phi) is 2.44. The molecule has 0 unspecified atom stereocenters. The van der Waals surface area contributed by atoms with Gasteiger partial charge >= 0.3 is 0 Å². The third-order valence-corrected chi connectivity index (χ3v) is 2.55. The lowest BCUT2D eigenvalue weighted by atomic mass is 10.2. The van der Waals surface area contributed by atoms with Crippen molar-refractivity contribution in [2.75, 3.05) is 0 Å². The molecule has 0 amide bonds. The minimum atomic E-state index is 0.526. The summed E-state index contributed by atoms with van der Waals surface area (Å²) in [5, 5.41) is 3.54. The molecular formula is C13H8N4O. The second-order valence-corrected chi connectivity index (χ2v) is 3.73. The van der Waals surface area contributed by atoms with Gasteiger partial charge in [0.2, 0.25) is 5.89 Å². The first kappa shape index (κ1) is 10.4. The lowest BCUT2D eigenvalue weighted by Crippen LogP contribution is -1.74. The summed E-state index contributed by atoms with van der Waals surface area (Å²) >= 11 is 0. The Morgan fingerprint density at radius 1 is 1.11 bits per heavy atom. The van der Waals surface area contributed by atoms with Crippen LogP contribution in [0.15, 0.2) is 58.1 Å². The fourth-order valence-corrected chi connectivity index (χ4v) is 1.73. The molecule has 0 spiro atoms. The van der Waals surface area contributed by atoms with Gasteiger partial charge in [0.05, 0.1) is 0 Å². The maximum Gasteiger partial charge on any atom is 0.227 e. The Morgan fingerprint density at radius 2 is 1.94 bits per heavy atom. The SMILES string of the molecule is [N-]=[N+]=Nc1ccc2oc(-c3ccccc3)nc2c1. The number of hydrogen-bond donors (Lipinski definition) is 0. The number of aromatic nitrogens is 1. The van der Waals surface area contributed by atoms with E-state index in [2.05, 4.69) is 15.0 Å². The van der Waals surface area contributed by atoms with Crippen molar-refractivity contribution in [3.8, 4) is 11.5 Å². The van der Waals surface area contributed by atoms with Crippen LogP contribution in [0.25, 0.3) is 33.0 Å². The van der Waals surface area contributed by atoms with Crippen molar-refractivity contribution in [1.29, 1.82) is 0 Å². The quantitative estimate of drug-likeness (QED) is 0.374. The van der Waals surface area contributed by atoms with Gasteiger partial charge in [-0.3, -0.25) is 0 Å². The van der Waals surface area contributed by atoms with Crippen LogP contribution in [0.1, 0.15) is 0 Å². The van der Waals surface area contributed by atoms with Crippen LogP contribution in [0.4, 0.5) is 5.69 Å². The summed E-state index contributed by atoms with van der Waals surface area (Å²) in [6, 6.07) is 14.8. The molecule has 2 aromatic carbocycles. The summed E-state index contributed by atoms with van der Waals surface area (Å²) in [6.07, 6.45) is 0. The van der Waals surface area contributed by atoms with Crippen molar-refractivity contribution in [3.05, 3.63) is 59.0 Å². The number of azide groups is 1. The van der Waals surface area contributed by atoms with Gasteiger partial charge in [0.25, 0.3) is 0 Å². The van der Waals surface area contributed by atoms with Crippen LogP contribution in [0, 0.1) is 0 Å². The molecule has 0 radical (unpaired) electrons. The zero-order valence-corrected chi connectivity index (χ0v) is 9.32. The molecule has 0 bridgehead atoms. The molecule has 0 aliphatic rings. The average Bonchev–Trinajstić information content (AvgIpc) is 2.83. The zero-order valence-electron chi connectivity index (χ0n) is 9.32. The Labute approximate surface area is 102 Å². The molecule has 0 aliphatic heterocycles. The lowest BCUT2D eigenvalue weighted by Gasteiger charge is -1.91. The average molecular weight is 236 g/mol. The summed E-state index contributed by atoms with van der Waals surface area (Å²) in [6.45, 7) is 0. The third-order valence-electron chi connectivity index (χ3n) is 2.55. The summed E-state index contributed by atoms with van der Waals surface area (Å²) in [7, 11) is 0. The van der Waals surface area contributed by atoms with E-state index in [1.165, 1.54) is 0 Å². The Hall–Kier alpha value is -2.78. The van der Waals surface area contributed by atoms with Gasteiger partial charge < -0.3 is 4.42 Å². The normalized spacial score (nSPS) is 10.2. The van der Waals surface area contributed by atoms with Crippen molar-refractivity contribution in [1.82, 2.24) is 4.98 Å². The van der Waals surface area contributed by atoms with Crippen molar-refractivity contribution in [2.45, 2.75) is 0 Å². The first-order chi connectivity index (χ1) is 8.86. The molecule has 5 heteroatoms. The lowest BCUT2D eigenvalue weighted by molar-refractivity contribution is 0.620. The Morgan fingerprint density at radius 3 is 2.72 bits per heavy atom. The minimum Gasteiger partial charge on any atom is -0.436 e. The minimum absolute atomic E-state index is 0.526. The Balaban J connectivity index is 2.14.